The molecular formula is C13H14N2O3. The van der Waals surface area contributed by atoms with Gasteiger partial charge in [0.15, 0.2) is 0 Å². The van der Waals surface area contributed by atoms with Crippen LogP contribution in [0.4, 0.5) is 0 Å². The molecule has 5 heteroatoms. The van der Waals surface area contributed by atoms with Crippen molar-refractivity contribution < 1.29 is 9.90 Å². The summed E-state index contributed by atoms with van der Waals surface area (Å²) < 4.78 is 1.75. The Morgan fingerprint density at radius 2 is 2.06 bits per heavy atom. The third-order valence-electron chi connectivity index (χ3n) is 2.77. The maximum absolute atomic E-state index is 11.6. The lowest BCUT2D eigenvalue weighted by Crippen LogP contribution is -2.12. The van der Waals surface area contributed by atoms with E-state index in [4.69, 9.17) is 5.11 Å². The van der Waals surface area contributed by atoms with E-state index in [0.717, 1.165) is 11.9 Å². The summed E-state index contributed by atoms with van der Waals surface area (Å²) in [5.41, 5.74) is 0.702. The van der Waals surface area contributed by atoms with Gasteiger partial charge in [0.2, 0.25) is 5.43 Å². The highest BCUT2D eigenvalue weighted by molar-refractivity contribution is 5.77. The number of carboxylic acid groups (broad SMARTS) is 1. The molecule has 18 heavy (non-hydrogen) atoms. The molecule has 0 aliphatic heterocycles. The highest BCUT2D eigenvalue weighted by Crippen LogP contribution is 2.09. The van der Waals surface area contributed by atoms with E-state index < -0.39 is 5.97 Å². The van der Waals surface area contributed by atoms with Crippen LogP contribution in [0.1, 0.15) is 19.3 Å². The van der Waals surface area contributed by atoms with Gasteiger partial charge in [0.1, 0.15) is 0 Å². The van der Waals surface area contributed by atoms with Crippen LogP contribution in [0.2, 0.25) is 0 Å². The molecule has 1 N–H and O–H groups in total. The molecule has 1 aromatic heterocycles. The smallest absolute Gasteiger partial charge is 0.303 e. The molecule has 0 saturated carbocycles. The number of unbranched alkanes of at least 4 members (excludes halogenated alkanes) is 1. The topological polar surface area (TPSA) is 72.2 Å². The Morgan fingerprint density at radius 1 is 1.28 bits per heavy atom. The Bertz CT molecular complexity index is 619. The number of nitrogens with zero attached hydrogens (tertiary/aromatic N) is 2. The van der Waals surface area contributed by atoms with E-state index in [0.29, 0.717) is 18.4 Å². The molecule has 94 valence electrons. The summed E-state index contributed by atoms with van der Waals surface area (Å²) >= 11 is 0. The second kappa shape index (κ2) is 5.44. The maximum atomic E-state index is 11.6. The molecule has 0 spiro atoms. The van der Waals surface area contributed by atoms with Gasteiger partial charge in [-0.1, -0.05) is 12.1 Å². The van der Waals surface area contributed by atoms with Gasteiger partial charge in [-0.25, -0.2) is 0 Å². The van der Waals surface area contributed by atoms with E-state index in [1.807, 2.05) is 18.2 Å². The zero-order chi connectivity index (χ0) is 13.0. The van der Waals surface area contributed by atoms with Gasteiger partial charge in [-0.3, -0.25) is 14.3 Å². The monoisotopic (exact) mass is 246 g/mol. The summed E-state index contributed by atoms with van der Waals surface area (Å²) in [7, 11) is 0. The summed E-state index contributed by atoms with van der Waals surface area (Å²) in [5, 5.41) is 13.3. The van der Waals surface area contributed by atoms with Crippen molar-refractivity contribution >= 4 is 16.9 Å². The molecule has 0 radical (unpaired) electrons. The number of aryl methyl sites for hydroxylation is 1. The quantitative estimate of drug-likeness (QED) is 0.814. The van der Waals surface area contributed by atoms with Gasteiger partial charge >= 0.3 is 5.97 Å². The minimum atomic E-state index is -0.785. The Labute approximate surface area is 104 Å². The van der Waals surface area contributed by atoms with Gasteiger partial charge in [0.25, 0.3) is 0 Å². The van der Waals surface area contributed by atoms with Crippen molar-refractivity contribution in [1.82, 2.24) is 9.78 Å². The third kappa shape index (κ3) is 2.74. The zero-order valence-corrected chi connectivity index (χ0v) is 9.87. The molecule has 0 atom stereocenters. The summed E-state index contributed by atoms with van der Waals surface area (Å²) in [5.74, 6) is -0.785. The molecule has 0 aliphatic carbocycles. The van der Waals surface area contributed by atoms with Crippen molar-refractivity contribution in [2.75, 3.05) is 0 Å². The first-order valence-corrected chi connectivity index (χ1v) is 5.85. The molecule has 0 saturated heterocycles. The van der Waals surface area contributed by atoms with Gasteiger partial charge in [0, 0.05) is 18.4 Å². The summed E-state index contributed by atoms with van der Waals surface area (Å²) in [6.07, 6.45) is 2.81. The summed E-state index contributed by atoms with van der Waals surface area (Å²) in [4.78, 5) is 22.0. The molecule has 2 rings (SSSR count). The Hall–Kier alpha value is -2.17. The van der Waals surface area contributed by atoms with Crippen molar-refractivity contribution in [2.45, 2.75) is 25.8 Å². The van der Waals surface area contributed by atoms with E-state index in [1.54, 1.807) is 10.7 Å². The molecule has 2 aromatic rings. The second-order valence-corrected chi connectivity index (χ2v) is 4.10. The zero-order valence-electron chi connectivity index (χ0n) is 9.87. The standard InChI is InChI=1S/C13H14N2O3/c16-12-9-14-15(8-4-3-7-13(17)18)11-6-2-1-5-10(11)12/h1-2,5-6,9H,3-4,7-8H2,(H,17,18). The van der Waals surface area contributed by atoms with Crippen molar-refractivity contribution in [2.24, 2.45) is 0 Å². The maximum Gasteiger partial charge on any atom is 0.303 e. The lowest BCUT2D eigenvalue weighted by Gasteiger charge is -2.08. The van der Waals surface area contributed by atoms with Crippen LogP contribution in [0.3, 0.4) is 0 Å². The normalized spacial score (nSPS) is 10.7. The molecule has 5 nitrogen and oxygen atoms in total. The first-order chi connectivity index (χ1) is 8.68. The average Bonchev–Trinajstić information content (AvgIpc) is 2.37. The molecule has 0 unspecified atom stereocenters. The highest BCUT2D eigenvalue weighted by Gasteiger charge is 2.03. The van der Waals surface area contributed by atoms with E-state index in [-0.39, 0.29) is 11.8 Å². The lowest BCUT2D eigenvalue weighted by molar-refractivity contribution is -0.137. The number of rotatable bonds is 5. The number of para-hydroxylation sites is 1. The highest BCUT2D eigenvalue weighted by atomic mass is 16.4. The fourth-order valence-electron chi connectivity index (χ4n) is 1.88. The van der Waals surface area contributed by atoms with Gasteiger partial charge in [-0.15, -0.1) is 0 Å². The number of aromatic nitrogens is 2. The van der Waals surface area contributed by atoms with Gasteiger partial charge in [-0.05, 0) is 25.0 Å². The Balaban J connectivity index is 2.16. The molecular weight excluding hydrogens is 232 g/mol. The average molecular weight is 246 g/mol. The largest absolute Gasteiger partial charge is 0.481 e. The second-order valence-electron chi connectivity index (χ2n) is 4.10. The van der Waals surface area contributed by atoms with Crippen LogP contribution in [0, 0.1) is 0 Å². The van der Waals surface area contributed by atoms with Crippen molar-refractivity contribution in [1.29, 1.82) is 0 Å². The van der Waals surface area contributed by atoms with Crippen LogP contribution >= 0.6 is 0 Å². The Morgan fingerprint density at radius 3 is 2.83 bits per heavy atom. The first-order valence-electron chi connectivity index (χ1n) is 5.85. The fourth-order valence-corrected chi connectivity index (χ4v) is 1.88. The van der Waals surface area contributed by atoms with Crippen LogP contribution in [-0.2, 0) is 11.3 Å². The van der Waals surface area contributed by atoms with E-state index in [9.17, 15) is 9.59 Å². The number of hydrogen-bond acceptors (Lipinski definition) is 3. The summed E-state index contributed by atoms with van der Waals surface area (Å²) in [6, 6.07) is 7.30. The Kier molecular flexibility index (Phi) is 3.72. The third-order valence-corrected chi connectivity index (χ3v) is 2.77. The molecule has 0 amide bonds. The molecule has 1 heterocycles. The van der Waals surface area contributed by atoms with Crippen LogP contribution in [0.15, 0.2) is 35.3 Å². The number of benzene rings is 1. The SMILES string of the molecule is O=C(O)CCCCn1ncc(=O)c2ccccc21. The summed E-state index contributed by atoms with van der Waals surface area (Å²) in [6.45, 7) is 0.619. The molecule has 0 aliphatic rings. The van der Waals surface area contributed by atoms with Crippen LogP contribution < -0.4 is 5.43 Å². The van der Waals surface area contributed by atoms with Crippen LogP contribution in [-0.4, -0.2) is 20.9 Å². The van der Waals surface area contributed by atoms with Gasteiger partial charge < -0.3 is 5.11 Å². The van der Waals surface area contributed by atoms with Crippen molar-refractivity contribution in [3.05, 3.63) is 40.7 Å². The first kappa shape index (κ1) is 12.3. The van der Waals surface area contributed by atoms with Crippen LogP contribution in [0.25, 0.3) is 10.9 Å². The predicted octanol–water partition coefficient (Wildman–Crippen LogP) is 1.65. The lowest BCUT2D eigenvalue weighted by atomic mass is 10.2. The number of hydrogen-bond donors (Lipinski definition) is 1. The number of carboxylic acids is 1. The van der Waals surface area contributed by atoms with Crippen molar-refractivity contribution in [3.63, 3.8) is 0 Å². The van der Waals surface area contributed by atoms with E-state index >= 15 is 0 Å². The number of carbonyl (C=O) groups is 1. The number of aliphatic carboxylic acids is 1. The van der Waals surface area contributed by atoms with E-state index in [2.05, 4.69) is 5.10 Å². The van der Waals surface area contributed by atoms with Gasteiger partial charge in [-0.2, -0.15) is 5.10 Å². The fraction of sp³-hybridized carbons (Fsp3) is 0.308. The van der Waals surface area contributed by atoms with E-state index in [1.165, 1.54) is 6.20 Å². The van der Waals surface area contributed by atoms with Crippen LogP contribution in [0.5, 0.6) is 0 Å². The predicted molar refractivity (Wildman–Crippen MR) is 67.5 cm³/mol. The van der Waals surface area contributed by atoms with Gasteiger partial charge in [0.05, 0.1) is 11.7 Å². The molecule has 1 aromatic carbocycles. The minimum absolute atomic E-state index is 0.0904. The molecule has 0 bridgehead atoms. The molecule has 0 fully saturated rings. The van der Waals surface area contributed by atoms with Crippen molar-refractivity contribution in [3.8, 4) is 0 Å². The minimum Gasteiger partial charge on any atom is -0.481 e. The number of fused-ring (bicyclic) bond motifs is 1.